The molecule has 0 atom stereocenters. The zero-order chi connectivity index (χ0) is 24.5. The number of hydrogen-bond donors (Lipinski definition) is 3. The normalized spacial score (nSPS) is 11.4. The zero-order valence-corrected chi connectivity index (χ0v) is 19.9. The van der Waals surface area contributed by atoms with E-state index in [4.69, 9.17) is 28.9 Å². The Morgan fingerprint density at radius 3 is 2.74 bits per heavy atom. The van der Waals surface area contributed by atoms with E-state index in [-0.39, 0.29) is 5.82 Å². The lowest BCUT2D eigenvalue weighted by molar-refractivity contribution is 0.100. The minimum absolute atomic E-state index is 0.296. The molecular formula is C26H20Cl2FN5O. The number of aromatic amines is 1. The Morgan fingerprint density at radius 1 is 1.06 bits per heavy atom. The molecule has 3 heterocycles. The molecule has 9 heteroatoms. The van der Waals surface area contributed by atoms with Gasteiger partial charge in [-0.2, -0.15) is 0 Å². The highest BCUT2D eigenvalue weighted by Gasteiger charge is 2.12. The molecule has 4 N–H and O–H groups in total. The number of nitrogens with two attached hydrogens (primary N) is 1. The van der Waals surface area contributed by atoms with Gasteiger partial charge < -0.3 is 16.0 Å². The lowest BCUT2D eigenvalue weighted by Crippen LogP contribution is -2.14. The molecule has 0 saturated carbocycles. The fraction of sp³-hybridized carbons (Fsp3) is 0.115. The zero-order valence-electron chi connectivity index (χ0n) is 18.4. The van der Waals surface area contributed by atoms with E-state index in [0.29, 0.717) is 51.7 Å². The molecular weight excluding hydrogens is 488 g/mol. The van der Waals surface area contributed by atoms with Crippen molar-refractivity contribution >= 4 is 50.9 Å². The molecule has 35 heavy (non-hydrogen) atoms. The molecule has 5 aromatic rings. The second-order valence-corrected chi connectivity index (χ2v) is 9.14. The molecule has 3 aromatic heterocycles. The van der Waals surface area contributed by atoms with Crippen LogP contribution in [0.15, 0.2) is 61.1 Å². The van der Waals surface area contributed by atoms with E-state index in [1.54, 1.807) is 30.6 Å². The van der Waals surface area contributed by atoms with Gasteiger partial charge >= 0.3 is 0 Å². The van der Waals surface area contributed by atoms with Crippen molar-refractivity contribution in [1.29, 1.82) is 0 Å². The van der Waals surface area contributed by atoms with E-state index in [2.05, 4.69) is 20.3 Å². The topological polar surface area (TPSA) is 96.7 Å². The molecule has 5 rings (SSSR count). The Balaban J connectivity index is 1.32. The van der Waals surface area contributed by atoms with E-state index in [1.807, 2.05) is 18.2 Å². The summed E-state index contributed by atoms with van der Waals surface area (Å²) in [5.41, 5.74) is 10.3. The molecule has 0 aliphatic carbocycles. The molecule has 1 amide bonds. The maximum absolute atomic E-state index is 14.4. The lowest BCUT2D eigenvalue weighted by atomic mass is 10.0. The van der Waals surface area contributed by atoms with E-state index < -0.39 is 5.91 Å². The fourth-order valence-corrected chi connectivity index (χ4v) is 4.53. The summed E-state index contributed by atoms with van der Waals surface area (Å²) in [6.45, 7) is 0.874. The van der Waals surface area contributed by atoms with Crippen LogP contribution in [0.2, 0.25) is 10.0 Å². The van der Waals surface area contributed by atoms with Crippen LogP contribution in [0.1, 0.15) is 32.7 Å². The van der Waals surface area contributed by atoms with E-state index in [0.717, 1.165) is 27.6 Å². The van der Waals surface area contributed by atoms with Crippen LogP contribution in [0.5, 0.6) is 0 Å². The minimum Gasteiger partial charge on any atom is -0.366 e. The molecule has 0 unspecified atom stereocenters. The number of hydrogen-bond acceptors (Lipinski definition) is 4. The quantitative estimate of drug-likeness (QED) is 0.269. The fourth-order valence-electron chi connectivity index (χ4n) is 4.15. The number of halogens is 3. The predicted octanol–water partition coefficient (Wildman–Crippen LogP) is 5.54. The highest BCUT2D eigenvalue weighted by molar-refractivity contribution is 6.35. The van der Waals surface area contributed by atoms with Crippen LogP contribution in [0, 0.1) is 5.82 Å². The van der Waals surface area contributed by atoms with Gasteiger partial charge in [0.2, 0.25) is 0 Å². The van der Waals surface area contributed by atoms with Crippen LogP contribution in [-0.4, -0.2) is 20.9 Å². The molecule has 0 saturated heterocycles. The number of H-pyrrole nitrogens is 1. The molecule has 0 fully saturated rings. The van der Waals surface area contributed by atoms with Crippen molar-refractivity contribution in [3.63, 3.8) is 0 Å². The summed E-state index contributed by atoms with van der Waals surface area (Å²) < 4.78 is 14.4. The maximum atomic E-state index is 14.4. The van der Waals surface area contributed by atoms with Gasteiger partial charge in [0.1, 0.15) is 5.82 Å². The van der Waals surface area contributed by atoms with Crippen molar-refractivity contribution in [2.75, 3.05) is 0 Å². The lowest BCUT2D eigenvalue weighted by Gasteiger charge is -2.10. The van der Waals surface area contributed by atoms with Crippen LogP contribution >= 0.6 is 23.2 Å². The van der Waals surface area contributed by atoms with Gasteiger partial charge in [0.15, 0.2) is 0 Å². The van der Waals surface area contributed by atoms with Crippen LogP contribution in [0.25, 0.3) is 21.8 Å². The summed E-state index contributed by atoms with van der Waals surface area (Å²) in [6, 6.07) is 12.5. The minimum atomic E-state index is -0.552. The summed E-state index contributed by atoms with van der Waals surface area (Å²) >= 11 is 12.2. The third kappa shape index (κ3) is 4.98. The maximum Gasteiger partial charge on any atom is 0.250 e. The molecule has 0 aliphatic rings. The van der Waals surface area contributed by atoms with Crippen molar-refractivity contribution in [1.82, 2.24) is 20.3 Å². The Morgan fingerprint density at radius 2 is 1.91 bits per heavy atom. The van der Waals surface area contributed by atoms with Crippen molar-refractivity contribution < 1.29 is 9.18 Å². The summed E-state index contributed by atoms with van der Waals surface area (Å²) in [4.78, 5) is 23.7. The standard InChI is InChI=1S/C26H20Cl2FN5O/c27-18-7-16-3-15(6-21(26(30)35)25(16)34-12-18)5-19-4-14(1-2-32-19)10-31-11-17-8-20-22(28)13-33-24(20)9-23(17)29/h1-4,6-9,12-13,31,33H,5,10-11H2,(H2,30,35). The van der Waals surface area contributed by atoms with Gasteiger partial charge in [-0.25, -0.2) is 4.39 Å². The van der Waals surface area contributed by atoms with Crippen LogP contribution in [0.3, 0.4) is 0 Å². The van der Waals surface area contributed by atoms with Crippen molar-refractivity contribution in [3.05, 3.63) is 105 Å². The summed E-state index contributed by atoms with van der Waals surface area (Å²) in [5, 5.41) is 5.84. The molecule has 0 aliphatic heterocycles. The predicted molar refractivity (Wildman–Crippen MR) is 136 cm³/mol. The average molecular weight is 508 g/mol. The molecule has 0 spiro atoms. The number of benzene rings is 2. The van der Waals surface area contributed by atoms with Gasteiger partial charge in [0.25, 0.3) is 5.91 Å². The number of carbonyl (C=O) groups is 1. The van der Waals surface area contributed by atoms with Crippen molar-refractivity contribution in [2.24, 2.45) is 5.73 Å². The summed E-state index contributed by atoms with van der Waals surface area (Å²) in [7, 11) is 0. The molecule has 0 bridgehead atoms. The third-order valence-corrected chi connectivity index (χ3v) is 6.30. The van der Waals surface area contributed by atoms with Gasteiger partial charge in [-0.15, -0.1) is 0 Å². The van der Waals surface area contributed by atoms with Gasteiger partial charge in [-0.05, 0) is 53.6 Å². The average Bonchev–Trinajstić information content (AvgIpc) is 3.18. The molecule has 6 nitrogen and oxygen atoms in total. The second-order valence-electron chi connectivity index (χ2n) is 8.29. The molecule has 176 valence electrons. The smallest absolute Gasteiger partial charge is 0.250 e. The SMILES string of the molecule is NC(=O)c1cc(Cc2cc(CNCc3cc4c(Cl)c[nH]c4cc3F)ccn2)cc2cc(Cl)cnc12. The second kappa shape index (κ2) is 9.62. The Bertz CT molecular complexity index is 1580. The van der Waals surface area contributed by atoms with Crippen molar-refractivity contribution in [2.45, 2.75) is 19.5 Å². The first-order chi connectivity index (χ1) is 16.9. The first-order valence-electron chi connectivity index (χ1n) is 10.8. The number of nitrogens with one attached hydrogen (secondary N) is 2. The number of nitrogens with zero attached hydrogens (tertiary/aromatic N) is 2. The van der Waals surface area contributed by atoms with Gasteiger partial charge in [0.05, 0.1) is 21.1 Å². The van der Waals surface area contributed by atoms with E-state index >= 15 is 0 Å². The first kappa shape index (κ1) is 23.2. The van der Waals surface area contributed by atoms with Gasteiger partial charge in [-0.3, -0.25) is 14.8 Å². The van der Waals surface area contributed by atoms with Crippen molar-refractivity contribution in [3.8, 4) is 0 Å². The largest absolute Gasteiger partial charge is 0.366 e. The van der Waals surface area contributed by atoms with Crippen LogP contribution in [0.4, 0.5) is 4.39 Å². The number of fused-ring (bicyclic) bond motifs is 2. The monoisotopic (exact) mass is 507 g/mol. The highest BCUT2D eigenvalue weighted by Crippen LogP contribution is 2.26. The third-order valence-electron chi connectivity index (χ3n) is 5.78. The van der Waals surface area contributed by atoms with Crippen LogP contribution < -0.4 is 11.1 Å². The molecule has 0 radical (unpaired) electrons. The van der Waals surface area contributed by atoms with Gasteiger partial charge in [-0.1, -0.05) is 23.2 Å². The summed E-state index contributed by atoms with van der Waals surface area (Å²) in [5.74, 6) is -0.848. The number of primary amides is 1. The number of amides is 1. The van der Waals surface area contributed by atoms with Crippen LogP contribution in [-0.2, 0) is 19.5 Å². The molecule has 2 aromatic carbocycles. The Kier molecular flexibility index (Phi) is 6.38. The Labute approximate surface area is 210 Å². The number of pyridine rings is 2. The number of aromatic nitrogens is 3. The van der Waals surface area contributed by atoms with E-state index in [9.17, 15) is 9.18 Å². The van der Waals surface area contributed by atoms with Gasteiger partial charge in [0, 0.05) is 65.6 Å². The highest BCUT2D eigenvalue weighted by atomic mass is 35.5. The number of carbonyl (C=O) groups excluding carboxylic acids is 1. The Hall–Kier alpha value is -3.52. The summed E-state index contributed by atoms with van der Waals surface area (Å²) in [6.07, 6.45) is 5.36. The first-order valence-corrected chi connectivity index (χ1v) is 11.6. The van der Waals surface area contributed by atoms with E-state index in [1.165, 1.54) is 12.3 Å². The number of rotatable bonds is 7.